The molecule has 114 valence electrons. The number of hydrogen-bond acceptors (Lipinski definition) is 3. The highest BCUT2D eigenvalue weighted by Crippen LogP contribution is 2.24. The molecule has 2 aromatic rings. The predicted molar refractivity (Wildman–Crippen MR) is 84.2 cm³/mol. The third kappa shape index (κ3) is 4.00. The highest BCUT2D eigenvalue weighted by molar-refractivity contribution is 5.38. The van der Waals surface area contributed by atoms with Crippen LogP contribution < -0.4 is 9.47 Å². The normalized spacial score (nSPS) is 11.5. The number of nitrogens with one attached hydrogen (secondary N) is 1. The molecule has 4 heteroatoms. The molecule has 0 saturated heterocycles. The van der Waals surface area contributed by atoms with Crippen LogP contribution in [0.3, 0.4) is 0 Å². The van der Waals surface area contributed by atoms with E-state index in [0.717, 1.165) is 35.7 Å². The van der Waals surface area contributed by atoms with Gasteiger partial charge < -0.3 is 9.47 Å². The molecule has 0 fully saturated rings. The summed E-state index contributed by atoms with van der Waals surface area (Å²) >= 11 is 0. The van der Waals surface area contributed by atoms with E-state index in [2.05, 4.69) is 37.0 Å². The zero-order valence-electron chi connectivity index (χ0n) is 13.5. The van der Waals surface area contributed by atoms with Gasteiger partial charge in [-0.2, -0.15) is 5.10 Å². The Kier molecular flexibility index (Phi) is 4.56. The van der Waals surface area contributed by atoms with Crippen molar-refractivity contribution in [2.75, 3.05) is 14.2 Å². The third-order valence-electron chi connectivity index (χ3n) is 3.49. The van der Waals surface area contributed by atoms with E-state index < -0.39 is 0 Å². The maximum atomic E-state index is 5.30. The second-order valence-corrected chi connectivity index (χ2v) is 6.25. The number of nitrogens with zero attached hydrogens (tertiary/aromatic N) is 1. The maximum Gasteiger partial charge on any atom is 0.122 e. The van der Waals surface area contributed by atoms with E-state index in [-0.39, 0.29) is 5.41 Å². The first-order chi connectivity index (χ1) is 9.92. The van der Waals surface area contributed by atoms with Crippen LogP contribution in [0.4, 0.5) is 0 Å². The van der Waals surface area contributed by atoms with Crippen molar-refractivity contribution >= 4 is 0 Å². The Hall–Kier alpha value is -1.97. The van der Waals surface area contributed by atoms with E-state index >= 15 is 0 Å². The Labute approximate surface area is 126 Å². The number of aromatic nitrogens is 2. The Morgan fingerprint density at radius 1 is 0.952 bits per heavy atom. The van der Waals surface area contributed by atoms with E-state index in [1.54, 1.807) is 14.2 Å². The zero-order valence-corrected chi connectivity index (χ0v) is 13.5. The molecule has 0 aliphatic rings. The number of benzene rings is 1. The fourth-order valence-corrected chi connectivity index (χ4v) is 2.16. The van der Waals surface area contributed by atoms with E-state index in [1.165, 1.54) is 5.56 Å². The van der Waals surface area contributed by atoms with Gasteiger partial charge in [-0.15, -0.1) is 0 Å². The topological polar surface area (TPSA) is 47.1 Å². The zero-order chi connectivity index (χ0) is 15.5. The van der Waals surface area contributed by atoms with Crippen molar-refractivity contribution < 1.29 is 9.47 Å². The van der Waals surface area contributed by atoms with Crippen LogP contribution in [0.1, 0.15) is 37.7 Å². The summed E-state index contributed by atoms with van der Waals surface area (Å²) in [6.07, 6.45) is 1.83. The van der Waals surface area contributed by atoms with Gasteiger partial charge in [0.05, 0.1) is 19.9 Å². The van der Waals surface area contributed by atoms with Crippen LogP contribution in [0, 0.1) is 0 Å². The van der Waals surface area contributed by atoms with Crippen molar-refractivity contribution in [1.29, 1.82) is 0 Å². The van der Waals surface area contributed by atoms with E-state index in [9.17, 15) is 0 Å². The summed E-state index contributed by atoms with van der Waals surface area (Å²) in [5.74, 6) is 1.65. The predicted octanol–water partition coefficient (Wildman–Crippen LogP) is 3.51. The molecule has 0 bridgehead atoms. The molecule has 0 spiro atoms. The first-order valence-electron chi connectivity index (χ1n) is 7.19. The lowest BCUT2D eigenvalue weighted by atomic mass is 9.92. The van der Waals surface area contributed by atoms with Crippen LogP contribution in [0.25, 0.3) is 0 Å². The number of methoxy groups -OCH3 is 2. The van der Waals surface area contributed by atoms with Crippen molar-refractivity contribution in [2.45, 2.75) is 39.0 Å². The first-order valence-corrected chi connectivity index (χ1v) is 7.19. The van der Waals surface area contributed by atoms with Crippen LogP contribution >= 0.6 is 0 Å². The molecule has 2 rings (SSSR count). The summed E-state index contributed by atoms with van der Waals surface area (Å²) in [5, 5.41) is 7.52. The quantitative estimate of drug-likeness (QED) is 0.916. The minimum absolute atomic E-state index is 0.0773. The van der Waals surface area contributed by atoms with Crippen molar-refractivity contribution in [3.05, 3.63) is 41.2 Å². The number of rotatable bonds is 5. The highest BCUT2D eigenvalue weighted by Gasteiger charge is 2.17. The van der Waals surface area contributed by atoms with E-state index in [1.807, 2.05) is 18.2 Å². The number of H-pyrrole nitrogens is 1. The Balaban J connectivity index is 2.07. The molecule has 1 aromatic carbocycles. The van der Waals surface area contributed by atoms with Gasteiger partial charge in [0.25, 0.3) is 0 Å². The fourth-order valence-electron chi connectivity index (χ4n) is 2.16. The standard InChI is InChI=1S/C17H24N2O2/c1-17(2,3)16-10-13(18-19-16)7-6-12-8-14(20-4)11-15(9-12)21-5/h8-11H,6-7H2,1-5H3,(H,18,19). The smallest absolute Gasteiger partial charge is 0.122 e. The van der Waals surface area contributed by atoms with Gasteiger partial charge >= 0.3 is 0 Å². The lowest BCUT2D eigenvalue weighted by Crippen LogP contribution is -2.11. The van der Waals surface area contributed by atoms with Gasteiger partial charge in [-0.05, 0) is 36.6 Å². The van der Waals surface area contributed by atoms with Gasteiger partial charge in [-0.1, -0.05) is 20.8 Å². The summed E-state index contributed by atoms with van der Waals surface area (Å²) in [4.78, 5) is 0. The summed E-state index contributed by atoms with van der Waals surface area (Å²) in [5.41, 5.74) is 3.52. The van der Waals surface area contributed by atoms with Crippen LogP contribution in [0.2, 0.25) is 0 Å². The van der Waals surface area contributed by atoms with Crippen LogP contribution in [0.15, 0.2) is 24.3 Å². The molecule has 1 heterocycles. The molecule has 0 unspecified atom stereocenters. The third-order valence-corrected chi connectivity index (χ3v) is 3.49. The highest BCUT2D eigenvalue weighted by atomic mass is 16.5. The molecular weight excluding hydrogens is 264 g/mol. The Morgan fingerprint density at radius 2 is 1.57 bits per heavy atom. The lowest BCUT2D eigenvalue weighted by molar-refractivity contribution is 0.393. The molecular formula is C17H24N2O2. The van der Waals surface area contributed by atoms with Crippen LogP contribution in [0.5, 0.6) is 11.5 Å². The molecule has 1 aromatic heterocycles. The Bertz CT molecular complexity index is 575. The SMILES string of the molecule is COc1cc(CCc2cc(C(C)(C)C)n[nH]2)cc(OC)c1. The fraction of sp³-hybridized carbons (Fsp3) is 0.471. The Morgan fingerprint density at radius 3 is 2.05 bits per heavy atom. The number of aromatic amines is 1. The van der Waals surface area contributed by atoms with Gasteiger partial charge in [0, 0.05) is 17.2 Å². The van der Waals surface area contributed by atoms with Gasteiger partial charge in [-0.25, -0.2) is 0 Å². The lowest BCUT2D eigenvalue weighted by Gasteiger charge is -2.13. The molecule has 0 aliphatic carbocycles. The van der Waals surface area contributed by atoms with Gasteiger partial charge in [-0.3, -0.25) is 5.10 Å². The number of aryl methyl sites for hydroxylation is 2. The summed E-state index contributed by atoms with van der Waals surface area (Å²) < 4.78 is 10.6. The van der Waals surface area contributed by atoms with Crippen LogP contribution in [-0.2, 0) is 18.3 Å². The first kappa shape index (κ1) is 15.4. The van der Waals surface area contributed by atoms with Crippen molar-refractivity contribution in [2.24, 2.45) is 0 Å². The van der Waals surface area contributed by atoms with E-state index in [4.69, 9.17) is 9.47 Å². The molecule has 1 N–H and O–H groups in total. The van der Waals surface area contributed by atoms with Crippen molar-refractivity contribution in [3.8, 4) is 11.5 Å². The minimum Gasteiger partial charge on any atom is -0.497 e. The second kappa shape index (κ2) is 6.20. The van der Waals surface area contributed by atoms with Crippen molar-refractivity contribution in [3.63, 3.8) is 0 Å². The monoisotopic (exact) mass is 288 g/mol. The molecule has 0 atom stereocenters. The number of ether oxygens (including phenoxy) is 2. The molecule has 4 nitrogen and oxygen atoms in total. The molecule has 0 radical (unpaired) electrons. The average molecular weight is 288 g/mol. The maximum absolute atomic E-state index is 5.30. The van der Waals surface area contributed by atoms with Gasteiger partial charge in [0.15, 0.2) is 0 Å². The molecule has 0 aliphatic heterocycles. The number of hydrogen-bond donors (Lipinski definition) is 1. The minimum atomic E-state index is 0.0773. The second-order valence-electron chi connectivity index (χ2n) is 6.25. The largest absolute Gasteiger partial charge is 0.497 e. The molecule has 0 amide bonds. The summed E-state index contributed by atoms with van der Waals surface area (Å²) in [6.45, 7) is 6.50. The molecule has 21 heavy (non-hydrogen) atoms. The molecule has 0 saturated carbocycles. The van der Waals surface area contributed by atoms with E-state index in [0.29, 0.717) is 0 Å². The van der Waals surface area contributed by atoms with Gasteiger partial charge in [0.2, 0.25) is 0 Å². The summed E-state index contributed by atoms with van der Waals surface area (Å²) in [7, 11) is 3.34. The van der Waals surface area contributed by atoms with Gasteiger partial charge in [0.1, 0.15) is 11.5 Å². The summed E-state index contributed by atoms with van der Waals surface area (Å²) in [6, 6.07) is 8.13. The average Bonchev–Trinajstić information content (AvgIpc) is 2.93. The van der Waals surface area contributed by atoms with Crippen LogP contribution in [-0.4, -0.2) is 24.4 Å². The van der Waals surface area contributed by atoms with Crippen molar-refractivity contribution in [1.82, 2.24) is 10.2 Å².